The summed E-state index contributed by atoms with van der Waals surface area (Å²) in [5.41, 5.74) is 27.7. The molecule has 0 aliphatic carbocycles. The van der Waals surface area contributed by atoms with Crippen molar-refractivity contribution in [1.29, 1.82) is 0 Å². The number of nitrogen functional groups attached to an aromatic ring is 4. The van der Waals surface area contributed by atoms with Gasteiger partial charge in [0.15, 0.2) is 0 Å². The number of azo groups is 2. The van der Waals surface area contributed by atoms with Gasteiger partial charge in [-0.2, -0.15) is 10.2 Å². The normalized spacial score (nSPS) is 11.9. The van der Waals surface area contributed by atoms with Crippen LogP contribution in [0.3, 0.4) is 0 Å². The molecule has 0 atom stereocenters. The van der Waals surface area contributed by atoms with Gasteiger partial charge in [0.05, 0.1) is 43.9 Å². The predicted octanol–water partition coefficient (Wildman–Crippen LogP) is -0.437. The molecule has 0 unspecified atom stereocenters. The second-order valence-electron chi connectivity index (χ2n) is 10.0. The van der Waals surface area contributed by atoms with Gasteiger partial charge in [-0.15, -0.1) is 10.2 Å². The minimum Gasteiger partial charge on any atom is -0.744 e. The molecule has 0 radical (unpaired) electrons. The van der Waals surface area contributed by atoms with E-state index in [1.54, 1.807) is 38.1 Å². The maximum absolute atomic E-state index is 11.6. The summed E-state index contributed by atoms with van der Waals surface area (Å²) in [6.07, 6.45) is 0. The minimum absolute atomic E-state index is 0. The molecule has 18 heteroatoms. The Hall–Kier alpha value is -2.90. The van der Waals surface area contributed by atoms with Crippen LogP contribution >= 0.6 is 0 Å². The van der Waals surface area contributed by atoms with E-state index in [9.17, 15) is 25.9 Å². The van der Waals surface area contributed by atoms with E-state index in [0.717, 1.165) is 34.4 Å². The van der Waals surface area contributed by atoms with Crippen LogP contribution in [0, 0.1) is 27.7 Å². The zero-order chi connectivity index (χ0) is 32.7. The fourth-order valence-corrected chi connectivity index (χ4v) is 5.71. The van der Waals surface area contributed by atoms with Crippen molar-refractivity contribution in [3.05, 3.63) is 70.8 Å². The van der Waals surface area contributed by atoms with E-state index in [4.69, 9.17) is 22.9 Å². The summed E-state index contributed by atoms with van der Waals surface area (Å²) in [7, 11) is -9.70. The number of anilines is 4. The maximum atomic E-state index is 11.6. The zero-order valence-electron chi connectivity index (χ0n) is 26.0. The smallest absolute Gasteiger partial charge is 0.744 e. The second-order valence-corrected chi connectivity index (χ2v) is 12.7. The third-order valence-corrected chi connectivity index (χ3v) is 8.63. The van der Waals surface area contributed by atoms with Crippen LogP contribution in [-0.2, 0) is 20.2 Å². The predicted molar refractivity (Wildman–Crippen MR) is 166 cm³/mol. The van der Waals surface area contributed by atoms with Crippen LogP contribution in [0.4, 0.5) is 45.5 Å². The molecule has 0 fully saturated rings. The molecule has 46 heavy (non-hydrogen) atoms. The molecule has 0 aliphatic heterocycles. The van der Waals surface area contributed by atoms with Crippen molar-refractivity contribution >= 4 is 65.7 Å². The first kappa shape index (κ1) is 39.3. The average Bonchev–Trinajstić information content (AvgIpc) is 2.92. The molecule has 0 saturated carbocycles. The Balaban J connectivity index is 0.00000368. The Labute approximate surface area is 310 Å². The van der Waals surface area contributed by atoms with Crippen molar-refractivity contribution in [3.8, 4) is 11.1 Å². The monoisotopic (exact) mass is 682 g/mol. The van der Waals surface area contributed by atoms with Gasteiger partial charge >= 0.3 is 59.1 Å². The molecule has 4 rings (SSSR count). The first-order chi connectivity index (χ1) is 20.4. The summed E-state index contributed by atoms with van der Waals surface area (Å²) in [4.78, 5) is -1.23. The van der Waals surface area contributed by atoms with Gasteiger partial charge in [0.1, 0.15) is 31.6 Å². The quantitative estimate of drug-likeness (QED) is 0.0845. The minimum atomic E-state index is -4.85. The Bertz CT molecular complexity index is 1970. The summed E-state index contributed by atoms with van der Waals surface area (Å²) in [5.74, 6) is 0. The number of benzene rings is 4. The number of nitrogens with two attached hydrogens (primary N) is 4. The molecule has 0 amide bonds. The van der Waals surface area contributed by atoms with Gasteiger partial charge in [-0.3, -0.25) is 0 Å². The first-order valence-corrected chi connectivity index (χ1v) is 15.6. The Kier molecular flexibility index (Phi) is 12.7. The van der Waals surface area contributed by atoms with Crippen LogP contribution < -0.4 is 82.0 Å². The van der Waals surface area contributed by atoms with Crippen molar-refractivity contribution in [2.75, 3.05) is 22.9 Å². The molecule has 0 saturated heterocycles. The number of hydrogen-bond donors (Lipinski definition) is 4. The molecular formula is C28H28N8Na2O6S2. The van der Waals surface area contributed by atoms with Crippen molar-refractivity contribution in [1.82, 2.24) is 0 Å². The Morgan fingerprint density at radius 3 is 1.11 bits per heavy atom. The molecule has 0 spiro atoms. The van der Waals surface area contributed by atoms with Crippen LogP contribution in [0.25, 0.3) is 11.1 Å². The number of hydrogen-bond acceptors (Lipinski definition) is 14. The second kappa shape index (κ2) is 14.9. The van der Waals surface area contributed by atoms with E-state index >= 15 is 0 Å². The van der Waals surface area contributed by atoms with E-state index in [1.807, 2.05) is 12.1 Å². The topological polar surface area (TPSA) is 268 Å². The molecule has 230 valence electrons. The fraction of sp³-hybridized carbons (Fsp3) is 0.143. The SMILES string of the molecule is Cc1cc(-c2ccc(N=Nc3c(N)c(C)cc(S(=O)(=O)[O-])c3N)c(C)c2)ccc1N=Nc1c(N)c(C)cc(S(=O)(=O)[O-])c1N.[Na+].[Na+]. The molecule has 8 N–H and O–H groups in total. The van der Waals surface area contributed by atoms with Crippen LogP contribution in [0.2, 0.25) is 0 Å². The molecule has 0 bridgehead atoms. The molecular weight excluding hydrogens is 654 g/mol. The van der Waals surface area contributed by atoms with Gasteiger partial charge in [-0.25, -0.2) is 16.8 Å². The number of aryl methyl sites for hydroxylation is 4. The van der Waals surface area contributed by atoms with Gasteiger partial charge in [0.25, 0.3) is 0 Å². The van der Waals surface area contributed by atoms with Crippen molar-refractivity contribution in [2.24, 2.45) is 20.5 Å². The summed E-state index contributed by atoms with van der Waals surface area (Å²) in [5, 5.41) is 16.5. The average molecular weight is 683 g/mol. The summed E-state index contributed by atoms with van der Waals surface area (Å²) in [6, 6.07) is 12.9. The fourth-order valence-electron chi connectivity index (χ4n) is 4.33. The maximum Gasteiger partial charge on any atom is 1.00 e. The van der Waals surface area contributed by atoms with Gasteiger partial charge < -0.3 is 32.0 Å². The van der Waals surface area contributed by atoms with Gasteiger partial charge in [0.2, 0.25) is 0 Å². The van der Waals surface area contributed by atoms with Crippen molar-refractivity contribution < 1.29 is 85.1 Å². The van der Waals surface area contributed by atoms with E-state index in [-0.39, 0.29) is 93.2 Å². The first-order valence-electron chi connectivity index (χ1n) is 12.7. The van der Waals surface area contributed by atoms with Gasteiger partial charge in [0, 0.05) is 0 Å². The van der Waals surface area contributed by atoms with E-state index < -0.39 is 30.0 Å². The standard InChI is InChI=1S/C28H30N8O6S2.2Na/c1-13-9-17(5-7-19(13)33-35-27-23(29)15(3)11-21(25(27)31)43(37,38)39)18-6-8-20(14(2)10-18)34-36-28-24(30)16(4)12-22(26(28)32)44(40,41)42;;/h5-12H,29-32H2,1-4H3,(H,37,38,39)(H,40,41,42);;/q;2*+1/p-2. The van der Waals surface area contributed by atoms with E-state index in [1.165, 1.54) is 13.8 Å². The third-order valence-electron chi connectivity index (χ3n) is 6.88. The van der Waals surface area contributed by atoms with Gasteiger partial charge in [-0.05, 0) is 97.5 Å². The molecule has 0 heterocycles. The van der Waals surface area contributed by atoms with Crippen LogP contribution in [0.5, 0.6) is 0 Å². The molecule has 14 nitrogen and oxygen atoms in total. The number of nitrogens with zero attached hydrogens (tertiary/aromatic N) is 4. The number of rotatable bonds is 7. The van der Waals surface area contributed by atoms with Crippen LogP contribution in [0.15, 0.2) is 78.8 Å². The van der Waals surface area contributed by atoms with Crippen LogP contribution in [0.1, 0.15) is 22.3 Å². The van der Waals surface area contributed by atoms with Crippen LogP contribution in [-0.4, -0.2) is 25.9 Å². The Morgan fingerprint density at radius 1 is 0.500 bits per heavy atom. The molecule has 0 aliphatic rings. The Morgan fingerprint density at radius 2 is 0.826 bits per heavy atom. The van der Waals surface area contributed by atoms with E-state index in [0.29, 0.717) is 22.5 Å². The van der Waals surface area contributed by atoms with E-state index in [2.05, 4.69) is 20.5 Å². The molecule has 0 aromatic heterocycles. The third kappa shape index (κ3) is 8.32. The zero-order valence-corrected chi connectivity index (χ0v) is 31.6. The van der Waals surface area contributed by atoms with Crippen molar-refractivity contribution in [2.45, 2.75) is 37.5 Å². The van der Waals surface area contributed by atoms with Gasteiger partial charge in [-0.1, -0.05) is 12.1 Å². The van der Waals surface area contributed by atoms with Crippen molar-refractivity contribution in [3.63, 3.8) is 0 Å². The summed E-state index contributed by atoms with van der Waals surface area (Å²) < 4.78 is 69.6. The summed E-state index contributed by atoms with van der Waals surface area (Å²) in [6.45, 7) is 6.66. The molecule has 4 aromatic rings. The largest absolute Gasteiger partial charge is 1.00 e. The summed E-state index contributed by atoms with van der Waals surface area (Å²) >= 11 is 0. The molecule has 4 aromatic carbocycles.